The summed E-state index contributed by atoms with van der Waals surface area (Å²) in [7, 11) is 0. The fourth-order valence-corrected chi connectivity index (χ4v) is 3.61. The minimum Gasteiger partial charge on any atom is -0.452 e. The van der Waals surface area contributed by atoms with Crippen LogP contribution in [0.4, 0.5) is 5.69 Å². The highest BCUT2D eigenvalue weighted by molar-refractivity contribution is 7.07. The van der Waals surface area contributed by atoms with Crippen LogP contribution in [0.3, 0.4) is 0 Å². The van der Waals surface area contributed by atoms with Gasteiger partial charge in [-0.05, 0) is 23.8 Å². The molecule has 0 radical (unpaired) electrons. The van der Waals surface area contributed by atoms with Gasteiger partial charge in [0.05, 0.1) is 18.7 Å². The van der Waals surface area contributed by atoms with Gasteiger partial charge in [0.1, 0.15) is 0 Å². The van der Waals surface area contributed by atoms with E-state index in [1.807, 2.05) is 29.8 Å². The first-order valence-electron chi connectivity index (χ1n) is 9.14. The van der Waals surface area contributed by atoms with Gasteiger partial charge in [-0.15, -0.1) is 11.3 Å². The smallest absolute Gasteiger partial charge is 0.340 e. The van der Waals surface area contributed by atoms with Crippen molar-refractivity contribution in [2.75, 3.05) is 25.1 Å². The molecule has 3 rings (SSSR count). The number of nitrogens with one attached hydrogen (secondary N) is 1. The zero-order valence-corrected chi connectivity index (χ0v) is 17.5. The van der Waals surface area contributed by atoms with Gasteiger partial charge >= 0.3 is 5.97 Å². The second-order valence-electron chi connectivity index (χ2n) is 6.18. The maximum absolute atomic E-state index is 12.3. The first-order chi connectivity index (χ1) is 14.6. The Kier molecular flexibility index (Phi) is 7.78. The Labute approximate surface area is 182 Å². The van der Waals surface area contributed by atoms with Crippen LogP contribution in [0.2, 0.25) is 5.02 Å². The third-order valence-electron chi connectivity index (χ3n) is 4.08. The molecule has 0 aliphatic rings. The largest absolute Gasteiger partial charge is 0.452 e. The van der Waals surface area contributed by atoms with Crippen LogP contribution in [0.25, 0.3) is 0 Å². The highest BCUT2D eigenvalue weighted by Gasteiger charge is 2.14. The molecule has 0 aliphatic heterocycles. The van der Waals surface area contributed by atoms with Gasteiger partial charge in [0, 0.05) is 28.8 Å². The second-order valence-corrected chi connectivity index (χ2v) is 7.46. The Balaban J connectivity index is 1.66. The molecule has 2 N–H and O–H groups in total. The first kappa shape index (κ1) is 21.8. The lowest BCUT2D eigenvalue weighted by molar-refractivity contribution is -0.121. The van der Waals surface area contributed by atoms with Crippen LogP contribution in [0.5, 0.6) is 0 Å². The van der Waals surface area contributed by atoms with Crippen LogP contribution < -0.4 is 10.1 Å². The SMILES string of the molecule is O=C(COC(=O)c1ccccc1NCCO)N=c1sccn1Cc1ccccc1Cl. The van der Waals surface area contributed by atoms with Gasteiger partial charge in [-0.1, -0.05) is 41.9 Å². The third-order valence-corrected chi connectivity index (χ3v) is 5.24. The average molecular weight is 446 g/mol. The lowest BCUT2D eigenvalue weighted by Crippen LogP contribution is -2.20. The molecular weight excluding hydrogens is 426 g/mol. The number of amides is 1. The van der Waals surface area contributed by atoms with Crippen molar-refractivity contribution in [3.63, 3.8) is 0 Å². The number of hydrogen-bond donors (Lipinski definition) is 2. The van der Waals surface area contributed by atoms with E-state index in [4.69, 9.17) is 21.4 Å². The van der Waals surface area contributed by atoms with Crippen molar-refractivity contribution >= 4 is 40.5 Å². The van der Waals surface area contributed by atoms with E-state index in [9.17, 15) is 9.59 Å². The van der Waals surface area contributed by atoms with E-state index in [0.717, 1.165) is 5.56 Å². The van der Waals surface area contributed by atoms with Crippen molar-refractivity contribution in [2.24, 2.45) is 4.99 Å². The third kappa shape index (κ3) is 5.79. The van der Waals surface area contributed by atoms with Crippen molar-refractivity contribution in [1.82, 2.24) is 4.57 Å². The minimum absolute atomic E-state index is 0.0737. The summed E-state index contributed by atoms with van der Waals surface area (Å²) in [4.78, 5) is 29.1. The summed E-state index contributed by atoms with van der Waals surface area (Å²) in [6, 6.07) is 14.2. The van der Waals surface area contributed by atoms with Crippen LogP contribution in [0.15, 0.2) is 65.1 Å². The highest BCUT2D eigenvalue weighted by atomic mass is 35.5. The lowest BCUT2D eigenvalue weighted by Gasteiger charge is -2.10. The van der Waals surface area contributed by atoms with Gasteiger partial charge in [-0.3, -0.25) is 4.79 Å². The molecule has 0 fully saturated rings. The number of aromatic nitrogens is 1. The number of carbonyl (C=O) groups is 2. The number of rotatable bonds is 8. The predicted octanol–water partition coefficient (Wildman–Crippen LogP) is 2.94. The van der Waals surface area contributed by atoms with Gasteiger partial charge in [-0.2, -0.15) is 4.99 Å². The number of ether oxygens (including phenoxy) is 1. The summed E-state index contributed by atoms with van der Waals surface area (Å²) in [5.74, 6) is -1.21. The minimum atomic E-state index is -0.644. The number of aliphatic hydroxyl groups is 1. The Bertz CT molecular complexity index is 1090. The van der Waals surface area contributed by atoms with Gasteiger partial charge in [0.2, 0.25) is 0 Å². The molecule has 0 aliphatic carbocycles. The van der Waals surface area contributed by atoms with E-state index in [0.29, 0.717) is 28.6 Å². The molecule has 9 heteroatoms. The maximum atomic E-state index is 12.3. The van der Waals surface area contributed by atoms with E-state index in [1.54, 1.807) is 34.9 Å². The standard InChI is InChI=1S/C21H20ClN3O4S/c22-17-7-3-1-5-15(17)13-25-10-12-30-21(25)24-19(27)14-29-20(28)16-6-2-4-8-18(16)23-9-11-26/h1-8,10,12,23,26H,9,11,13-14H2. The topological polar surface area (TPSA) is 92.9 Å². The number of benzene rings is 2. The van der Waals surface area contributed by atoms with Gasteiger partial charge in [-0.25, -0.2) is 4.79 Å². The van der Waals surface area contributed by atoms with Crippen LogP contribution in [0.1, 0.15) is 15.9 Å². The number of esters is 1. The fourth-order valence-electron chi connectivity index (χ4n) is 2.67. The number of carbonyl (C=O) groups excluding carboxylic acids is 2. The molecule has 156 valence electrons. The fraction of sp³-hybridized carbons (Fsp3) is 0.190. The molecule has 1 amide bonds. The number of para-hydroxylation sites is 1. The van der Waals surface area contributed by atoms with E-state index in [-0.39, 0.29) is 12.2 Å². The molecular formula is C21H20ClN3O4S. The zero-order valence-electron chi connectivity index (χ0n) is 16.0. The normalized spacial score (nSPS) is 11.3. The molecule has 0 unspecified atom stereocenters. The quantitative estimate of drug-likeness (QED) is 0.520. The van der Waals surface area contributed by atoms with Crippen LogP contribution in [0, 0.1) is 0 Å². The van der Waals surface area contributed by atoms with Crippen LogP contribution >= 0.6 is 22.9 Å². The number of nitrogens with zero attached hydrogens (tertiary/aromatic N) is 2. The molecule has 0 bridgehead atoms. The average Bonchev–Trinajstić information content (AvgIpc) is 3.18. The highest BCUT2D eigenvalue weighted by Crippen LogP contribution is 2.16. The zero-order chi connectivity index (χ0) is 21.3. The van der Waals surface area contributed by atoms with Gasteiger partial charge in [0.15, 0.2) is 11.4 Å². The molecule has 30 heavy (non-hydrogen) atoms. The predicted molar refractivity (Wildman–Crippen MR) is 116 cm³/mol. The summed E-state index contributed by atoms with van der Waals surface area (Å²) >= 11 is 7.51. The molecule has 0 atom stereocenters. The van der Waals surface area contributed by atoms with Crippen molar-refractivity contribution < 1.29 is 19.4 Å². The van der Waals surface area contributed by atoms with E-state index < -0.39 is 18.5 Å². The van der Waals surface area contributed by atoms with Gasteiger partial charge in [0.25, 0.3) is 5.91 Å². The Morgan fingerprint density at radius 3 is 2.73 bits per heavy atom. The Morgan fingerprint density at radius 2 is 1.93 bits per heavy atom. The number of halogens is 1. The second kappa shape index (κ2) is 10.7. The van der Waals surface area contributed by atoms with E-state index >= 15 is 0 Å². The van der Waals surface area contributed by atoms with Gasteiger partial charge < -0.3 is 19.7 Å². The number of hydrogen-bond acceptors (Lipinski definition) is 6. The summed E-state index contributed by atoms with van der Waals surface area (Å²) in [6.45, 7) is 0.217. The summed E-state index contributed by atoms with van der Waals surface area (Å²) in [6.07, 6.45) is 1.81. The molecule has 7 nitrogen and oxygen atoms in total. The maximum Gasteiger partial charge on any atom is 0.340 e. The Hall–Kier alpha value is -2.94. The molecule has 1 heterocycles. The van der Waals surface area contributed by atoms with E-state index in [1.165, 1.54) is 11.3 Å². The van der Waals surface area contributed by atoms with Crippen LogP contribution in [-0.4, -0.2) is 41.3 Å². The molecule has 0 saturated carbocycles. The molecule has 0 spiro atoms. The molecule has 2 aromatic carbocycles. The monoisotopic (exact) mass is 445 g/mol. The number of aliphatic hydroxyl groups excluding tert-OH is 1. The van der Waals surface area contributed by atoms with Crippen LogP contribution in [-0.2, 0) is 16.1 Å². The molecule has 3 aromatic rings. The number of anilines is 1. The van der Waals surface area contributed by atoms with E-state index in [2.05, 4.69) is 10.3 Å². The first-order valence-corrected chi connectivity index (χ1v) is 10.4. The summed E-state index contributed by atoms with van der Waals surface area (Å²) in [5, 5.41) is 14.3. The number of thiazole rings is 1. The van der Waals surface area contributed by atoms with Crippen molar-refractivity contribution in [3.05, 3.63) is 81.1 Å². The molecule has 1 aromatic heterocycles. The van der Waals surface area contributed by atoms with Crippen molar-refractivity contribution in [2.45, 2.75) is 6.54 Å². The lowest BCUT2D eigenvalue weighted by atomic mass is 10.2. The van der Waals surface area contributed by atoms with Crippen molar-refractivity contribution in [1.29, 1.82) is 0 Å². The Morgan fingerprint density at radius 1 is 1.17 bits per heavy atom. The molecule has 0 saturated heterocycles. The van der Waals surface area contributed by atoms with Crippen molar-refractivity contribution in [3.8, 4) is 0 Å². The summed E-state index contributed by atoms with van der Waals surface area (Å²) in [5.41, 5.74) is 1.71. The summed E-state index contributed by atoms with van der Waals surface area (Å²) < 4.78 is 6.93.